The molecule has 0 aromatic heterocycles. The third-order valence-electron chi connectivity index (χ3n) is 2.75. The first kappa shape index (κ1) is 14.4. The van der Waals surface area contributed by atoms with Crippen LogP contribution in [0.5, 0.6) is 5.75 Å². The Morgan fingerprint density at radius 1 is 1.30 bits per heavy atom. The van der Waals surface area contributed by atoms with Crippen molar-refractivity contribution in [1.82, 2.24) is 0 Å². The van der Waals surface area contributed by atoms with Gasteiger partial charge < -0.3 is 10.1 Å². The first-order valence-electron chi connectivity index (χ1n) is 5.89. The average molecular weight is 335 g/mol. The predicted molar refractivity (Wildman–Crippen MR) is 79.1 cm³/mol. The van der Waals surface area contributed by atoms with Crippen LogP contribution < -0.4 is 10.1 Å². The molecule has 0 saturated heterocycles. The molecule has 20 heavy (non-hydrogen) atoms. The molecule has 102 valence electrons. The Balaban J connectivity index is 2.13. The van der Waals surface area contributed by atoms with Gasteiger partial charge in [-0.05, 0) is 29.8 Å². The highest BCUT2D eigenvalue weighted by Gasteiger charge is 2.04. The second-order valence-electron chi connectivity index (χ2n) is 4.16. The number of nitriles is 1. The van der Waals surface area contributed by atoms with Gasteiger partial charge in [0.25, 0.3) is 0 Å². The van der Waals surface area contributed by atoms with E-state index in [1.54, 1.807) is 13.2 Å². The van der Waals surface area contributed by atoms with Gasteiger partial charge in [0.1, 0.15) is 17.6 Å². The molecule has 0 bridgehead atoms. The number of ether oxygens (including phenoxy) is 1. The standard InChI is InChI=1S/C15H12BrFN2O/c1-20-14-6-12(16)5-13(7-14)19-9-10-2-3-15(17)11(4-10)8-18/h2-7,19H,9H2,1H3. The van der Waals surface area contributed by atoms with Crippen molar-refractivity contribution in [1.29, 1.82) is 5.26 Å². The van der Waals surface area contributed by atoms with Crippen LogP contribution in [0.1, 0.15) is 11.1 Å². The first-order chi connectivity index (χ1) is 9.62. The van der Waals surface area contributed by atoms with E-state index < -0.39 is 5.82 Å². The molecule has 0 aliphatic carbocycles. The molecule has 2 aromatic rings. The maximum atomic E-state index is 13.2. The van der Waals surface area contributed by atoms with E-state index in [2.05, 4.69) is 21.2 Å². The van der Waals surface area contributed by atoms with Crippen LogP contribution in [0.2, 0.25) is 0 Å². The normalized spacial score (nSPS) is 9.90. The van der Waals surface area contributed by atoms with E-state index in [1.165, 1.54) is 12.1 Å². The number of halogens is 2. The topological polar surface area (TPSA) is 45.0 Å². The highest BCUT2D eigenvalue weighted by molar-refractivity contribution is 9.10. The molecule has 0 spiro atoms. The summed E-state index contributed by atoms with van der Waals surface area (Å²) in [5, 5.41) is 12.0. The molecule has 0 unspecified atom stereocenters. The van der Waals surface area contributed by atoms with Crippen molar-refractivity contribution in [2.75, 3.05) is 12.4 Å². The largest absolute Gasteiger partial charge is 0.497 e. The molecular weight excluding hydrogens is 323 g/mol. The van der Waals surface area contributed by atoms with Gasteiger partial charge in [-0.2, -0.15) is 5.26 Å². The SMILES string of the molecule is COc1cc(Br)cc(NCc2ccc(F)c(C#N)c2)c1. The predicted octanol–water partition coefficient (Wildman–Crippen LogP) is 4.08. The number of hydrogen-bond donors (Lipinski definition) is 1. The zero-order valence-corrected chi connectivity index (χ0v) is 12.4. The van der Waals surface area contributed by atoms with Gasteiger partial charge in [0.05, 0.1) is 12.7 Å². The quantitative estimate of drug-likeness (QED) is 0.916. The Morgan fingerprint density at radius 2 is 2.10 bits per heavy atom. The van der Waals surface area contributed by atoms with Gasteiger partial charge in [-0.15, -0.1) is 0 Å². The number of nitrogens with one attached hydrogen (secondary N) is 1. The molecule has 2 rings (SSSR count). The summed E-state index contributed by atoms with van der Waals surface area (Å²) in [5.41, 5.74) is 1.76. The Kier molecular flexibility index (Phi) is 4.59. The average Bonchev–Trinajstić information content (AvgIpc) is 2.45. The summed E-state index contributed by atoms with van der Waals surface area (Å²) in [5.74, 6) is 0.235. The second kappa shape index (κ2) is 6.40. The fraction of sp³-hybridized carbons (Fsp3) is 0.133. The van der Waals surface area contributed by atoms with Crippen molar-refractivity contribution in [3.8, 4) is 11.8 Å². The molecule has 5 heteroatoms. The van der Waals surface area contributed by atoms with E-state index in [9.17, 15) is 4.39 Å². The van der Waals surface area contributed by atoms with Crippen LogP contribution in [0.25, 0.3) is 0 Å². The van der Waals surface area contributed by atoms with Crippen molar-refractivity contribution in [2.45, 2.75) is 6.54 Å². The van der Waals surface area contributed by atoms with E-state index in [-0.39, 0.29) is 5.56 Å². The molecule has 0 saturated carbocycles. The number of methoxy groups -OCH3 is 1. The molecule has 0 aliphatic rings. The lowest BCUT2D eigenvalue weighted by atomic mass is 10.1. The highest BCUT2D eigenvalue weighted by atomic mass is 79.9. The Hall–Kier alpha value is -2.06. The van der Waals surface area contributed by atoms with E-state index in [0.717, 1.165) is 21.5 Å². The molecule has 2 aromatic carbocycles. The molecule has 0 fully saturated rings. The summed E-state index contributed by atoms with van der Waals surface area (Å²) in [7, 11) is 1.60. The van der Waals surface area contributed by atoms with Crippen LogP contribution >= 0.6 is 15.9 Å². The van der Waals surface area contributed by atoms with Gasteiger partial charge in [0.15, 0.2) is 0 Å². The minimum Gasteiger partial charge on any atom is -0.497 e. The summed E-state index contributed by atoms with van der Waals surface area (Å²) < 4.78 is 19.3. The molecule has 0 heterocycles. The van der Waals surface area contributed by atoms with Crippen molar-refractivity contribution >= 4 is 21.6 Å². The van der Waals surface area contributed by atoms with Gasteiger partial charge in [-0.3, -0.25) is 0 Å². The third-order valence-corrected chi connectivity index (χ3v) is 3.21. The van der Waals surface area contributed by atoms with Crippen LogP contribution in [0.15, 0.2) is 40.9 Å². The lowest BCUT2D eigenvalue weighted by Crippen LogP contribution is -2.01. The minimum atomic E-state index is -0.500. The minimum absolute atomic E-state index is 0.0520. The summed E-state index contributed by atoms with van der Waals surface area (Å²) in [6.07, 6.45) is 0. The summed E-state index contributed by atoms with van der Waals surface area (Å²) in [6, 6.07) is 12.0. The maximum Gasteiger partial charge on any atom is 0.140 e. The van der Waals surface area contributed by atoms with E-state index >= 15 is 0 Å². The Bertz CT molecular complexity index is 667. The number of hydrogen-bond acceptors (Lipinski definition) is 3. The first-order valence-corrected chi connectivity index (χ1v) is 6.68. The van der Waals surface area contributed by atoms with Crippen LogP contribution in [-0.2, 0) is 6.54 Å². The number of nitrogens with zero attached hydrogens (tertiary/aromatic N) is 1. The number of anilines is 1. The second-order valence-corrected chi connectivity index (χ2v) is 5.07. The lowest BCUT2D eigenvalue weighted by Gasteiger charge is -2.09. The third kappa shape index (κ3) is 3.49. The molecule has 0 atom stereocenters. The maximum absolute atomic E-state index is 13.2. The molecule has 0 aliphatic heterocycles. The summed E-state index contributed by atoms with van der Waals surface area (Å²) >= 11 is 3.40. The highest BCUT2D eigenvalue weighted by Crippen LogP contribution is 2.25. The zero-order valence-electron chi connectivity index (χ0n) is 10.8. The van der Waals surface area contributed by atoms with E-state index in [0.29, 0.717) is 6.54 Å². The lowest BCUT2D eigenvalue weighted by molar-refractivity contribution is 0.414. The van der Waals surface area contributed by atoms with Crippen molar-refractivity contribution < 1.29 is 9.13 Å². The van der Waals surface area contributed by atoms with Gasteiger partial charge in [0.2, 0.25) is 0 Å². The van der Waals surface area contributed by atoms with Gasteiger partial charge in [-0.1, -0.05) is 22.0 Å². The molecule has 1 N–H and O–H groups in total. The van der Waals surface area contributed by atoms with Crippen molar-refractivity contribution in [3.05, 3.63) is 57.8 Å². The fourth-order valence-corrected chi connectivity index (χ4v) is 2.23. The van der Waals surface area contributed by atoms with Crippen LogP contribution in [-0.4, -0.2) is 7.11 Å². The molecular formula is C15H12BrFN2O. The summed E-state index contributed by atoms with van der Waals surface area (Å²) in [6.45, 7) is 0.495. The summed E-state index contributed by atoms with van der Waals surface area (Å²) in [4.78, 5) is 0. The number of rotatable bonds is 4. The Morgan fingerprint density at radius 3 is 2.80 bits per heavy atom. The van der Waals surface area contributed by atoms with Gasteiger partial charge in [-0.25, -0.2) is 4.39 Å². The van der Waals surface area contributed by atoms with Gasteiger partial charge in [0, 0.05) is 22.8 Å². The molecule has 0 radical (unpaired) electrons. The van der Waals surface area contributed by atoms with Crippen LogP contribution in [0, 0.1) is 17.1 Å². The Labute approximate surface area is 125 Å². The van der Waals surface area contributed by atoms with Gasteiger partial charge >= 0.3 is 0 Å². The monoisotopic (exact) mass is 334 g/mol. The zero-order chi connectivity index (χ0) is 14.5. The van der Waals surface area contributed by atoms with E-state index in [4.69, 9.17) is 10.00 Å². The molecule has 3 nitrogen and oxygen atoms in total. The van der Waals surface area contributed by atoms with E-state index in [1.807, 2.05) is 24.3 Å². The van der Waals surface area contributed by atoms with Crippen LogP contribution in [0.3, 0.4) is 0 Å². The smallest absolute Gasteiger partial charge is 0.140 e. The van der Waals surface area contributed by atoms with Crippen molar-refractivity contribution in [2.24, 2.45) is 0 Å². The van der Waals surface area contributed by atoms with Crippen molar-refractivity contribution in [3.63, 3.8) is 0 Å². The molecule has 0 amide bonds. The van der Waals surface area contributed by atoms with Crippen LogP contribution in [0.4, 0.5) is 10.1 Å². The number of benzene rings is 2. The fourth-order valence-electron chi connectivity index (χ4n) is 1.75.